The summed E-state index contributed by atoms with van der Waals surface area (Å²) in [5, 5.41) is 20.7. The molecule has 3 aromatic rings. The molecule has 0 spiro atoms. The summed E-state index contributed by atoms with van der Waals surface area (Å²) < 4.78 is 0. The smallest absolute Gasteiger partial charge is 0.270 e. The van der Waals surface area contributed by atoms with Crippen molar-refractivity contribution >= 4 is 23.0 Å². The molecule has 0 unspecified atom stereocenters. The van der Waals surface area contributed by atoms with Gasteiger partial charge in [0, 0.05) is 43.2 Å². The van der Waals surface area contributed by atoms with Crippen LogP contribution in [0.15, 0.2) is 42.5 Å². The van der Waals surface area contributed by atoms with Gasteiger partial charge < -0.3 is 10.2 Å². The first-order valence-electron chi connectivity index (χ1n) is 8.11. The number of nitrogens with zero attached hydrogens (tertiary/aromatic N) is 4. The fourth-order valence-corrected chi connectivity index (χ4v) is 2.58. The third kappa shape index (κ3) is 3.92. The third-order valence-electron chi connectivity index (χ3n) is 3.92. The Morgan fingerprint density at radius 1 is 1.19 bits per heavy atom. The van der Waals surface area contributed by atoms with Crippen LogP contribution in [0.25, 0.3) is 11.4 Å². The number of non-ortho nitro benzene ring substituents is 1. The third-order valence-corrected chi connectivity index (χ3v) is 3.92. The van der Waals surface area contributed by atoms with Gasteiger partial charge in [0.1, 0.15) is 5.82 Å². The molecule has 0 bridgehead atoms. The monoisotopic (exact) mass is 366 g/mol. The highest BCUT2D eigenvalue weighted by atomic mass is 16.6. The summed E-state index contributed by atoms with van der Waals surface area (Å²) in [6.07, 6.45) is 0. The molecule has 0 aliphatic heterocycles. The topological polar surface area (TPSA) is 117 Å². The van der Waals surface area contributed by atoms with Crippen LogP contribution in [0.3, 0.4) is 0 Å². The van der Waals surface area contributed by atoms with Gasteiger partial charge >= 0.3 is 0 Å². The number of aromatic amines is 1. The van der Waals surface area contributed by atoms with Gasteiger partial charge in [0.15, 0.2) is 5.82 Å². The van der Waals surface area contributed by atoms with Gasteiger partial charge in [-0.15, -0.1) is 0 Å². The number of hydrogen-bond acceptors (Lipinski definition) is 6. The maximum atomic E-state index is 12.7. The van der Waals surface area contributed by atoms with Crippen LogP contribution in [0.5, 0.6) is 0 Å². The zero-order valence-electron chi connectivity index (χ0n) is 15.1. The average molecular weight is 366 g/mol. The molecule has 1 aromatic heterocycles. The van der Waals surface area contributed by atoms with E-state index in [0.29, 0.717) is 23.0 Å². The second-order valence-electron chi connectivity index (χ2n) is 6.13. The number of carbonyl (C=O) groups excluding carboxylic acids is 1. The molecular formula is C18H18N6O3. The lowest BCUT2D eigenvalue weighted by Gasteiger charge is -2.17. The van der Waals surface area contributed by atoms with E-state index in [2.05, 4.69) is 20.5 Å². The Hall–Kier alpha value is -3.75. The standard InChI is InChI=1S/C18H18N6O3/c1-11-19-17(22-21-11)12-4-6-13(7-5-12)20-18(25)15-10-14(24(26)27)8-9-16(15)23(2)3/h4-10H,1-3H3,(H,20,25)(H,19,21,22). The average Bonchev–Trinajstić information content (AvgIpc) is 3.08. The maximum Gasteiger partial charge on any atom is 0.270 e. The van der Waals surface area contributed by atoms with Crippen molar-refractivity contribution in [2.24, 2.45) is 0 Å². The van der Waals surface area contributed by atoms with Crippen LogP contribution in [0.1, 0.15) is 16.2 Å². The summed E-state index contributed by atoms with van der Waals surface area (Å²) in [5.41, 5.74) is 2.05. The van der Waals surface area contributed by atoms with Crippen LogP contribution < -0.4 is 10.2 Å². The van der Waals surface area contributed by atoms with E-state index in [1.165, 1.54) is 12.1 Å². The summed E-state index contributed by atoms with van der Waals surface area (Å²) in [6, 6.07) is 11.2. The molecule has 0 atom stereocenters. The molecule has 1 heterocycles. The number of anilines is 2. The second-order valence-corrected chi connectivity index (χ2v) is 6.13. The number of aromatic nitrogens is 3. The molecule has 9 nitrogen and oxygen atoms in total. The molecule has 2 N–H and O–H groups in total. The van der Waals surface area contributed by atoms with E-state index in [9.17, 15) is 14.9 Å². The predicted octanol–water partition coefficient (Wildman–Crippen LogP) is 3.01. The molecule has 3 rings (SSSR count). The van der Waals surface area contributed by atoms with Crippen molar-refractivity contribution in [3.8, 4) is 11.4 Å². The Labute approximate surface area is 155 Å². The van der Waals surface area contributed by atoms with E-state index in [1.807, 2.05) is 6.92 Å². The highest BCUT2D eigenvalue weighted by Gasteiger charge is 2.18. The summed E-state index contributed by atoms with van der Waals surface area (Å²) in [7, 11) is 3.54. The number of aryl methyl sites for hydroxylation is 1. The van der Waals surface area contributed by atoms with Crippen molar-refractivity contribution in [1.29, 1.82) is 0 Å². The van der Waals surface area contributed by atoms with Crippen LogP contribution in [0.4, 0.5) is 17.1 Å². The van der Waals surface area contributed by atoms with E-state index >= 15 is 0 Å². The molecule has 0 saturated carbocycles. The Morgan fingerprint density at radius 3 is 2.44 bits per heavy atom. The van der Waals surface area contributed by atoms with E-state index in [4.69, 9.17) is 0 Å². The van der Waals surface area contributed by atoms with Gasteiger partial charge in [-0.1, -0.05) is 0 Å². The zero-order valence-corrected chi connectivity index (χ0v) is 15.1. The van der Waals surface area contributed by atoms with E-state index in [0.717, 1.165) is 5.56 Å². The SMILES string of the molecule is Cc1nc(-c2ccc(NC(=O)c3cc([N+](=O)[O-])ccc3N(C)C)cc2)n[nH]1. The van der Waals surface area contributed by atoms with Gasteiger partial charge in [0.05, 0.1) is 10.5 Å². The largest absolute Gasteiger partial charge is 0.377 e. The van der Waals surface area contributed by atoms with Gasteiger partial charge in [0.2, 0.25) is 0 Å². The van der Waals surface area contributed by atoms with E-state index in [1.54, 1.807) is 49.3 Å². The number of H-pyrrole nitrogens is 1. The lowest BCUT2D eigenvalue weighted by molar-refractivity contribution is -0.384. The summed E-state index contributed by atoms with van der Waals surface area (Å²) in [5.74, 6) is 0.854. The number of amides is 1. The number of carbonyl (C=O) groups is 1. The van der Waals surface area contributed by atoms with Crippen LogP contribution in [-0.2, 0) is 0 Å². The second kappa shape index (κ2) is 7.24. The van der Waals surface area contributed by atoms with Crippen molar-refractivity contribution in [1.82, 2.24) is 15.2 Å². The molecule has 0 aliphatic rings. The van der Waals surface area contributed by atoms with Crippen molar-refractivity contribution in [2.45, 2.75) is 6.92 Å². The Kier molecular flexibility index (Phi) is 4.84. The molecule has 27 heavy (non-hydrogen) atoms. The van der Waals surface area contributed by atoms with Crippen molar-refractivity contribution in [3.63, 3.8) is 0 Å². The van der Waals surface area contributed by atoms with E-state index < -0.39 is 10.8 Å². The summed E-state index contributed by atoms with van der Waals surface area (Å²) >= 11 is 0. The quantitative estimate of drug-likeness (QED) is 0.529. The molecule has 0 fully saturated rings. The lowest BCUT2D eigenvalue weighted by Crippen LogP contribution is -2.18. The number of nitro groups is 1. The first-order chi connectivity index (χ1) is 12.8. The van der Waals surface area contributed by atoms with Crippen LogP contribution in [0, 0.1) is 17.0 Å². The minimum Gasteiger partial charge on any atom is -0.377 e. The van der Waals surface area contributed by atoms with Crippen LogP contribution in [0.2, 0.25) is 0 Å². The lowest BCUT2D eigenvalue weighted by atomic mass is 10.1. The van der Waals surface area contributed by atoms with Gasteiger partial charge in [-0.2, -0.15) is 5.10 Å². The van der Waals surface area contributed by atoms with Gasteiger partial charge in [-0.3, -0.25) is 20.0 Å². The highest BCUT2D eigenvalue weighted by Crippen LogP contribution is 2.26. The number of benzene rings is 2. The minimum absolute atomic E-state index is 0.138. The van der Waals surface area contributed by atoms with Gasteiger partial charge in [0.25, 0.3) is 11.6 Å². The molecule has 138 valence electrons. The first kappa shape index (κ1) is 18.1. The molecule has 9 heteroatoms. The normalized spacial score (nSPS) is 10.5. The maximum absolute atomic E-state index is 12.7. The zero-order chi connectivity index (χ0) is 19.6. The number of nitrogens with one attached hydrogen (secondary N) is 2. The molecule has 1 amide bonds. The Bertz CT molecular complexity index is 995. The van der Waals surface area contributed by atoms with Crippen LogP contribution >= 0.6 is 0 Å². The van der Waals surface area contributed by atoms with Gasteiger partial charge in [-0.05, 0) is 37.3 Å². The molecule has 0 aliphatic carbocycles. The van der Waals surface area contributed by atoms with E-state index in [-0.39, 0.29) is 11.3 Å². The minimum atomic E-state index is -0.524. The fraction of sp³-hybridized carbons (Fsp3) is 0.167. The summed E-state index contributed by atoms with van der Waals surface area (Å²) in [4.78, 5) is 29.2. The molecule has 0 radical (unpaired) electrons. The summed E-state index contributed by atoms with van der Waals surface area (Å²) in [6.45, 7) is 1.81. The number of rotatable bonds is 5. The van der Waals surface area contributed by atoms with Crippen LogP contribution in [-0.4, -0.2) is 40.1 Å². The number of nitro benzene ring substituents is 1. The Morgan fingerprint density at radius 2 is 1.89 bits per heavy atom. The van der Waals surface area contributed by atoms with Crippen molar-refractivity contribution in [3.05, 3.63) is 64.0 Å². The predicted molar refractivity (Wildman–Crippen MR) is 102 cm³/mol. The fourth-order valence-electron chi connectivity index (χ4n) is 2.58. The molecule has 2 aromatic carbocycles. The van der Waals surface area contributed by atoms with Crippen molar-refractivity contribution < 1.29 is 9.72 Å². The molecular weight excluding hydrogens is 348 g/mol. The molecule has 0 saturated heterocycles. The highest BCUT2D eigenvalue weighted by molar-refractivity contribution is 6.08. The number of hydrogen-bond donors (Lipinski definition) is 2. The van der Waals surface area contributed by atoms with Crippen molar-refractivity contribution in [2.75, 3.05) is 24.3 Å². The van der Waals surface area contributed by atoms with Gasteiger partial charge in [-0.25, -0.2) is 4.98 Å². The Balaban J connectivity index is 1.84. The first-order valence-corrected chi connectivity index (χ1v) is 8.11.